The van der Waals surface area contributed by atoms with E-state index in [1.54, 1.807) is 13.2 Å². The summed E-state index contributed by atoms with van der Waals surface area (Å²) in [4.78, 5) is 37.6. The number of carboxylic acids is 1. The lowest BCUT2D eigenvalue weighted by atomic mass is 9.80. The average Bonchev–Trinajstić information content (AvgIpc) is 2.74. The van der Waals surface area contributed by atoms with Gasteiger partial charge in [0.15, 0.2) is 0 Å². The zero-order chi connectivity index (χ0) is 21.3. The van der Waals surface area contributed by atoms with Crippen LogP contribution in [0, 0.1) is 5.92 Å². The lowest BCUT2D eigenvalue weighted by molar-refractivity contribution is -0.301. The van der Waals surface area contributed by atoms with Crippen LogP contribution < -0.4 is 15.4 Å². The van der Waals surface area contributed by atoms with Crippen molar-refractivity contribution in [2.24, 2.45) is 5.92 Å². The van der Waals surface area contributed by atoms with Gasteiger partial charge in [0, 0.05) is 48.6 Å². The van der Waals surface area contributed by atoms with Gasteiger partial charge in [0.2, 0.25) is 5.91 Å². The van der Waals surface area contributed by atoms with Crippen molar-refractivity contribution in [1.82, 2.24) is 9.47 Å². The number of amides is 1. The summed E-state index contributed by atoms with van der Waals surface area (Å²) in [5.41, 5.74) is 2.97. The predicted octanol–water partition coefficient (Wildman–Crippen LogP) is 0.953. The smallest absolute Gasteiger partial charge is 0.250 e. The van der Waals surface area contributed by atoms with Crippen LogP contribution in [0.15, 0.2) is 41.2 Å². The van der Waals surface area contributed by atoms with Crippen molar-refractivity contribution >= 4 is 23.6 Å². The lowest BCUT2D eigenvalue weighted by Gasteiger charge is -2.43. The molecular formula is C22H23N2O5S-. The number of rotatable bonds is 6. The second-order valence-corrected chi connectivity index (χ2v) is 8.76. The number of carbonyl (C=O) groups excluding carboxylic acids is 2. The molecule has 8 heteroatoms. The van der Waals surface area contributed by atoms with Crippen LogP contribution in [0.25, 0.3) is 11.1 Å². The molecule has 4 rings (SSSR count). The van der Waals surface area contributed by atoms with Crippen LogP contribution in [0.5, 0.6) is 5.75 Å². The molecule has 1 aromatic carbocycles. The largest absolute Gasteiger partial charge is 0.549 e. The molecular weight excluding hydrogens is 404 g/mol. The molecule has 2 bridgehead atoms. The Labute approximate surface area is 178 Å². The fourth-order valence-electron chi connectivity index (χ4n) is 4.55. The first-order valence-corrected chi connectivity index (χ1v) is 11.0. The number of methoxy groups -OCH3 is 1. The molecule has 1 aromatic heterocycles. The summed E-state index contributed by atoms with van der Waals surface area (Å²) in [5, 5.41) is 10.6. The molecule has 2 aromatic rings. The van der Waals surface area contributed by atoms with Gasteiger partial charge in [0.05, 0.1) is 18.8 Å². The van der Waals surface area contributed by atoms with Crippen molar-refractivity contribution < 1.29 is 19.4 Å². The third-order valence-corrected chi connectivity index (χ3v) is 6.68. The van der Waals surface area contributed by atoms with E-state index in [1.807, 2.05) is 39.8 Å². The fraction of sp³-hybridized carbons (Fsp3) is 0.409. The van der Waals surface area contributed by atoms with Crippen LogP contribution in [0.2, 0.25) is 0 Å². The highest BCUT2D eigenvalue weighted by Crippen LogP contribution is 2.40. The van der Waals surface area contributed by atoms with Crippen LogP contribution in [-0.4, -0.2) is 53.0 Å². The molecule has 2 aliphatic rings. The Kier molecular flexibility index (Phi) is 5.85. The Morgan fingerprint density at radius 2 is 1.87 bits per heavy atom. The van der Waals surface area contributed by atoms with Crippen LogP contribution >= 0.6 is 11.8 Å². The normalized spacial score (nSPS) is 19.8. The second-order valence-electron chi connectivity index (χ2n) is 7.77. The zero-order valence-corrected chi connectivity index (χ0v) is 17.5. The number of benzene rings is 1. The maximum Gasteiger partial charge on any atom is 0.250 e. The summed E-state index contributed by atoms with van der Waals surface area (Å²) in [5.74, 6) is -0.237. The number of piperidine rings is 1. The van der Waals surface area contributed by atoms with E-state index in [0.29, 0.717) is 19.6 Å². The van der Waals surface area contributed by atoms with Crippen LogP contribution in [0.3, 0.4) is 0 Å². The number of likely N-dealkylation sites (tertiary alicyclic amines) is 1. The number of ether oxygens (including phenoxy) is 1. The SMILES string of the molecule is COc1ccc(-c2ccc(=O)n3c2[C@@H]2C[C@@H](CN(C(=O)CSCC(=O)[O-])C2)C3)cc1. The van der Waals surface area contributed by atoms with Crippen molar-refractivity contribution in [2.45, 2.75) is 18.9 Å². The lowest BCUT2D eigenvalue weighted by Crippen LogP contribution is -2.49. The molecule has 0 spiro atoms. The summed E-state index contributed by atoms with van der Waals surface area (Å²) in [7, 11) is 1.62. The molecule has 0 radical (unpaired) electrons. The third-order valence-electron chi connectivity index (χ3n) is 5.79. The van der Waals surface area contributed by atoms with E-state index in [0.717, 1.165) is 40.8 Å². The Balaban J connectivity index is 1.62. The molecule has 1 amide bonds. The predicted molar refractivity (Wildman–Crippen MR) is 112 cm³/mol. The topological polar surface area (TPSA) is 91.7 Å². The standard InChI is InChI=1S/C22H24N2O5S/c1-29-17-4-2-15(3-5-17)18-6-7-19(25)24-10-14-8-16(22(18)24)11-23(9-14)20(26)12-30-13-21(27)28/h2-7,14,16H,8-13H2,1H3,(H,27,28)/p-1/t14-,16+/m0/s1. The summed E-state index contributed by atoms with van der Waals surface area (Å²) >= 11 is 1.06. The van der Waals surface area contributed by atoms with Gasteiger partial charge in [-0.1, -0.05) is 12.1 Å². The van der Waals surface area contributed by atoms with Crippen molar-refractivity contribution in [3.63, 3.8) is 0 Å². The average molecular weight is 428 g/mol. The number of nitrogens with zero attached hydrogens (tertiary/aromatic N) is 2. The number of fused-ring (bicyclic) bond motifs is 4. The van der Waals surface area contributed by atoms with Crippen LogP contribution in [-0.2, 0) is 16.1 Å². The minimum atomic E-state index is -1.17. The molecule has 2 aliphatic heterocycles. The van der Waals surface area contributed by atoms with Crippen molar-refractivity contribution in [1.29, 1.82) is 0 Å². The van der Waals surface area contributed by atoms with E-state index < -0.39 is 5.97 Å². The Bertz CT molecular complexity index is 1020. The minimum absolute atomic E-state index is 0.0127. The molecule has 7 nitrogen and oxygen atoms in total. The van der Waals surface area contributed by atoms with E-state index in [2.05, 4.69) is 0 Å². The van der Waals surface area contributed by atoms with Crippen molar-refractivity contribution in [3.05, 3.63) is 52.4 Å². The molecule has 0 aliphatic carbocycles. The number of carboxylic acid groups (broad SMARTS) is 1. The van der Waals surface area contributed by atoms with Crippen molar-refractivity contribution in [3.8, 4) is 16.9 Å². The van der Waals surface area contributed by atoms with E-state index in [9.17, 15) is 19.5 Å². The maximum atomic E-state index is 12.6. The molecule has 1 fully saturated rings. The molecule has 0 unspecified atom stereocenters. The molecule has 0 N–H and O–H groups in total. The maximum absolute atomic E-state index is 12.6. The highest BCUT2D eigenvalue weighted by atomic mass is 32.2. The fourth-order valence-corrected chi connectivity index (χ4v) is 5.17. The number of thioether (sulfide) groups is 1. The van der Waals surface area contributed by atoms with E-state index in [1.165, 1.54) is 0 Å². The number of pyridine rings is 1. The number of hydrogen-bond donors (Lipinski definition) is 0. The minimum Gasteiger partial charge on any atom is -0.549 e. The van der Waals surface area contributed by atoms with Gasteiger partial charge in [-0.3, -0.25) is 9.59 Å². The first-order chi connectivity index (χ1) is 14.5. The number of aliphatic carboxylic acids is 1. The molecule has 1 saturated heterocycles. The van der Waals surface area contributed by atoms with Crippen LogP contribution in [0.4, 0.5) is 0 Å². The monoisotopic (exact) mass is 427 g/mol. The van der Waals surface area contributed by atoms with Gasteiger partial charge in [-0.2, -0.15) is 0 Å². The zero-order valence-electron chi connectivity index (χ0n) is 16.7. The van der Waals surface area contributed by atoms with Crippen LogP contribution in [0.1, 0.15) is 18.0 Å². The van der Waals surface area contributed by atoms with E-state index in [-0.39, 0.29) is 34.8 Å². The van der Waals surface area contributed by atoms with Gasteiger partial charge < -0.3 is 24.1 Å². The molecule has 30 heavy (non-hydrogen) atoms. The van der Waals surface area contributed by atoms with Gasteiger partial charge in [-0.15, -0.1) is 11.8 Å². The van der Waals surface area contributed by atoms with Gasteiger partial charge in [-0.25, -0.2) is 0 Å². The van der Waals surface area contributed by atoms with Crippen molar-refractivity contribution in [2.75, 3.05) is 31.7 Å². The highest BCUT2D eigenvalue weighted by molar-refractivity contribution is 8.00. The molecule has 158 valence electrons. The highest BCUT2D eigenvalue weighted by Gasteiger charge is 2.37. The van der Waals surface area contributed by atoms with Gasteiger partial charge in [-0.05, 0) is 36.1 Å². The first-order valence-electron chi connectivity index (χ1n) is 9.89. The van der Waals surface area contributed by atoms with E-state index in [4.69, 9.17) is 4.74 Å². The summed E-state index contributed by atoms with van der Waals surface area (Å²) in [6.07, 6.45) is 0.933. The molecule has 0 saturated carbocycles. The number of aromatic nitrogens is 1. The molecule has 3 heterocycles. The summed E-state index contributed by atoms with van der Waals surface area (Å²) in [6, 6.07) is 11.2. The number of carbonyl (C=O) groups is 2. The second kappa shape index (κ2) is 8.55. The summed E-state index contributed by atoms with van der Waals surface area (Å²) < 4.78 is 7.11. The quantitative estimate of drug-likeness (QED) is 0.682. The Morgan fingerprint density at radius 1 is 1.10 bits per heavy atom. The summed E-state index contributed by atoms with van der Waals surface area (Å²) in [6.45, 7) is 1.72. The van der Waals surface area contributed by atoms with Gasteiger partial charge >= 0.3 is 0 Å². The number of hydrogen-bond acceptors (Lipinski definition) is 6. The van der Waals surface area contributed by atoms with E-state index >= 15 is 0 Å². The Morgan fingerprint density at radius 3 is 2.57 bits per heavy atom. The Hall–Kier alpha value is -2.74. The third kappa shape index (κ3) is 4.09. The molecule has 2 atom stereocenters. The van der Waals surface area contributed by atoms with Gasteiger partial charge in [0.25, 0.3) is 5.56 Å². The van der Waals surface area contributed by atoms with Gasteiger partial charge in [0.1, 0.15) is 5.75 Å². The first kappa shape index (κ1) is 20.5.